The quantitative estimate of drug-likeness (QED) is 0.775. The SMILES string of the molecule is O=Cc1ccc(OCc2cccc(F)c2)cc1F. The molecule has 0 aromatic heterocycles. The standard InChI is InChI=1S/C14H10F2O2/c15-12-3-1-2-10(6-12)9-18-13-5-4-11(8-17)14(16)7-13/h1-8H,9H2. The maximum atomic E-state index is 13.3. The molecule has 2 nitrogen and oxygen atoms in total. The van der Waals surface area contributed by atoms with E-state index in [0.717, 1.165) is 6.07 Å². The summed E-state index contributed by atoms with van der Waals surface area (Å²) in [5, 5.41) is 0. The number of carbonyl (C=O) groups excluding carboxylic acids is 1. The van der Waals surface area contributed by atoms with Gasteiger partial charge >= 0.3 is 0 Å². The Morgan fingerprint density at radius 2 is 1.94 bits per heavy atom. The van der Waals surface area contributed by atoms with E-state index in [1.165, 1.54) is 24.3 Å². The molecule has 2 rings (SSSR count). The van der Waals surface area contributed by atoms with Crippen molar-refractivity contribution in [2.75, 3.05) is 0 Å². The van der Waals surface area contributed by atoms with Gasteiger partial charge in [-0.05, 0) is 29.8 Å². The highest BCUT2D eigenvalue weighted by atomic mass is 19.1. The van der Waals surface area contributed by atoms with E-state index < -0.39 is 5.82 Å². The molecule has 0 N–H and O–H groups in total. The summed E-state index contributed by atoms with van der Waals surface area (Å²) in [5.74, 6) is -0.692. The zero-order chi connectivity index (χ0) is 13.0. The topological polar surface area (TPSA) is 26.3 Å². The van der Waals surface area contributed by atoms with Crippen molar-refractivity contribution < 1.29 is 18.3 Å². The number of rotatable bonds is 4. The highest BCUT2D eigenvalue weighted by Crippen LogP contribution is 2.17. The molecule has 0 saturated carbocycles. The van der Waals surface area contributed by atoms with Crippen molar-refractivity contribution in [2.45, 2.75) is 6.61 Å². The molecule has 0 fully saturated rings. The highest BCUT2D eigenvalue weighted by Gasteiger charge is 2.03. The van der Waals surface area contributed by atoms with Gasteiger partial charge in [-0.3, -0.25) is 4.79 Å². The van der Waals surface area contributed by atoms with E-state index >= 15 is 0 Å². The van der Waals surface area contributed by atoms with Gasteiger partial charge in [0.15, 0.2) is 6.29 Å². The van der Waals surface area contributed by atoms with E-state index in [1.807, 2.05) is 0 Å². The number of hydrogen-bond acceptors (Lipinski definition) is 2. The molecule has 0 aliphatic carbocycles. The first-order valence-corrected chi connectivity index (χ1v) is 5.31. The lowest BCUT2D eigenvalue weighted by molar-refractivity contribution is 0.111. The molecule has 0 amide bonds. The third-order valence-electron chi connectivity index (χ3n) is 2.39. The molecule has 2 aromatic rings. The van der Waals surface area contributed by atoms with Crippen LogP contribution in [-0.4, -0.2) is 6.29 Å². The van der Waals surface area contributed by atoms with Crippen LogP contribution in [0, 0.1) is 11.6 Å². The highest BCUT2D eigenvalue weighted by molar-refractivity contribution is 5.75. The number of benzene rings is 2. The normalized spacial score (nSPS) is 10.1. The maximum absolute atomic E-state index is 13.3. The van der Waals surface area contributed by atoms with E-state index in [0.29, 0.717) is 17.6 Å². The maximum Gasteiger partial charge on any atom is 0.152 e. The third kappa shape index (κ3) is 2.91. The molecular weight excluding hydrogens is 238 g/mol. The lowest BCUT2D eigenvalue weighted by atomic mass is 10.2. The molecule has 0 aliphatic rings. The van der Waals surface area contributed by atoms with E-state index in [2.05, 4.69) is 0 Å². The zero-order valence-electron chi connectivity index (χ0n) is 9.40. The van der Waals surface area contributed by atoms with Gasteiger partial charge in [0.25, 0.3) is 0 Å². The van der Waals surface area contributed by atoms with Crippen LogP contribution in [0.4, 0.5) is 8.78 Å². The fourth-order valence-corrected chi connectivity index (χ4v) is 1.49. The molecule has 18 heavy (non-hydrogen) atoms. The number of hydrogen-bond donors (Lipinski definition) is 0. The van der Waals surface area contributed by atoms with Gasteiger partial charge in [0.2, 0.25) is 0 Å². The molecule has 0 saturated heterocycles. The Kier molecular flexibility index (Phi) is 3.67. The van der Waals surface area contributed by atoms with Crippen molar-refractivity contribution in [1.29, 1.82) is 0 Å². The molecule has 0 aliphatic heterocycles. The van der Waals surface area contributed by atoms with Crippen LogP contribution in [0.2, 0.25) is 0 Å². The minimum absolute atomic E-state index is 0.0203. The lowest BCUT2D eigenvalue weighted by Crippen LogP contribution is -1.97. The Morgan fingerprint density at radius 3 is 2.61 bits per heavy atom. The monoisotopic (exact) mass is 248 g/mol. The summed E-state index contributed by atoms with van der Waals surface area (Å²) in [4.78, 5) is 10.4. The average molecular weight is 248 g/mol. The van der Waals surface area contributed by atoms with Crippen molar-refractivity contribution in [2.24, 2.45) is 0 Å². The number of aldehydes is 1. The minimum atomic E-state index is -0.637. The van der Waals surface area contributed by atoms with E-state index in [1.54, 1.807) is 12.1 Å². The molecule has 0 spiro atoms. The first-order chi connectivity index (χ1) is 8.69. The Morgan fingerprint density at radius 1 is 1.11 bits per heavy atom. The Balaban J connectivity index is 2.06. The Labute approximate surface area is 103 Å². The summed E-state index contributed by atoms with van der Waals surface area (Å²) in [6, 6.07) is 9.92. The predicted octanol–water partition coefficient (Wildman–Crippen LogP) is 3.36. The van der Waals surface area contributed by atoms with Crippen molar-refractivity contribution in [3.05, 3.63) is 65.2 Å². The summed E-state index contributed by atoms with van der Waals surface area (Å²) >= 11 is 0. The Hall–Kier alpha value is -2.23. The van der Waals surface area contributed by atoms with Gasteiger partial charge in [-0.1, -0.05) is 12.1 Å². The summed E-state index contributed by atoms with van der Waals surface area (Å²) in [6.07, 6.45) is 0.436. The van der Waals surface area contributed by atoms with Crippen LogP contribution in [-0.2, 0) is 6.61 Å². The third-order valence-corrected chi connectivity index (χ3v) is 2.39. The number of halogens is 2. The summed E-state index contributed by atoms with van der Waals surface area (Å²) in [6.45, 7) is 0.137. The molecule has 0 heterocycles. The molecule has 0 atom stereocenters. The minimum Gasteiger partial charge on any atom is -0.489 e. The van der Waals surface area contributed by atoms with Gasteiger partial charge in [-0.2, -0.15) is 0 Å². The van der Waals surface area contributed by atoms with Crippen LogP contribution in [0.5, 0.6) is 5.75 Å². The van der Waals surface area contributed by atoms with Crippen LogP contribution in [0.15, 0.2) is 42.5 Å². The van der Waals surface area contributed by atoms with Crippen LogP contribution in [0.3, 0.4) is 0 Å². The van der Waals surface area contributed by atoms with Gasteiger partial charge in [0, 0.05) is 6.07 Å². The molecule has 2 aromatic carbocycles. The van der Waals surface area contributed by atoms with Crippen LogP contribution < -0.4 is 4.74 Å². The van der Waals surface area contributed by atoms with Crippen LogP contribution in [0.1, 0.15) is 15.9 Å². The van der Waals surface area contributed by atoms with Gasteiger partial charge in [0.05, 0.1) is 5.56 Å². The predicted molar refractivity (Wildman–Crippen MR) is 62.5 cm³/mol. The lowest BCUT2D eigenvalue weighted by Gasteiger charge is -2.07. The molecule has 0 bridgehead atoms. The average Bonchev–Trinajstić information content (AvgIpc) is 2.37. The number of carbonyl (C=O) groups is 1. The fourth-order valence-electron chi connectivity index (χ4n) is 1.49. The second kappa shape index (κ2) is 5.40. The molecule has 4 heteroatoms. The molecule has 0 unspecified atom stereocenters. The van der Waals surface area contributed by atoms with Crippen molar-refractivity contribution in [3.63, 3.8) is 0 Å². The molecule has 92 valence electrons. The number of ether oxygens (including phenoxy) is 1. The van der Waals surface area contributed by atoms with E-state index in [-0.39, 0.29) is 18.0 Å². The van der Waals surface area contributed by atoms with Crippen molar-refractivity contribution >= 4 is 6.29 Å². The summed E-state index contributed by atoms with van der Waals surface area (Å²) in [5.41, 5.74) is 0.628. The molecular formula is C14H10F2O2. The van der Waals surface area contributed by atoms with Crippen LogP contribution in [0.25, 0.3) is 0 Å². The largest absolute Gasteiger partial charge is 0.489 e. The van der Waals surface area contributed by atoms with Crippen molar-refractivity contribution in [1.82, 2.24) is 0 Å². The van der Waals surface area contributed by atoms with Crippen molar-refractivity contribution in [3.8, 4) is 5.75 Å². The first-order valence-electron chi connectivity index (χ1n) is 5.31. The second-order valence-electron chi connectivity index (χ2n) is 3.72. The van der Waals surface area contributed by atoms with Crippen LogP contribution >= 0.6 is 0 Å². The first kappa shape index (κ1) is 12.2. The van der Waals surface area contributed by atoms with Gasteiger partial charge < -0.3 is 4.74 Å². The van der Waals surface area contributed by atoms with Gasteiger partial charge in [0.1, 0.15) is 24.0 Å². The summed E-state index contributed by atoms with van der Waals surface area (Å²) in [7, 11) is 0. The molecule has 0 radical (unpaired) electrons. The van der Waals surface area contributed by atoms with E-state index in [9.17, 15) is 13.6 Å². The van der Waals surface area contributed by atoms with Gasteiger partial charge in [-0.15, -0.1) is 0 Å². The second-order valence-corrected chi connectivity index (χ2v) is 3.72. The fraction of sp³-hybridized carbons (Fsp3) is 0.0714. The smallest absolute Gasteiger partial charge is 0.152 e. The Bertz CT molecular complexity index is 567. The summed E-state index contributed by atoms with van der Waals surface area (Å²) < 4.78 is 31.5. The van der Waals surface area contributed by atoms with E-state index in [4.69, 9.17) is 4.74 Å². The van der Waals surface area contributed by atoms with Gasteiger partial charge in [-0.25, -0.2) is 8.78 Å². The zero-order valence-corrected chi connectivity index (χ0v) is 9.40.